The SMILES string of the molecule is c1cc(-c2nc3c(c(NCc4ccnc5ccnn45)n2)CCC3)ccn1. The van der Waals surface area contributed by atoms with Gasteiger partial charge in [0.1, 0.15) is 5.82 Å². The second-order valence-electron chi connectivity index (χ2n) is 6.30. The molecule has 1 aliphatic rings. The summed E-state index contributed by atoms with van der Waals surface area (Å²) in [7, 11) is 0. The fraction of sp³-hybridized carbons (Fsp3) is 0.211. The molecule has 0 saturated carbocycles. The molecule has 0 spiro atoms. The number of aromatic nitrogens is 6. The van der Waals surface area contributed by atoms with Crippen molar-refractivity contribution >= 4 is 11.5 Å². The molecule has 0 saturated heterocycles. The summed E-state index contributed by atoms with van der Waals surface area (Å²) in [5.41, 5.74) is 5.24. The van der Waals surface area contributed by atoms with Crippen LogP contribution in [0.25, 0.3) is 17.0 Å². The van der Waals surface area contributed by atoms with E-state index >= 15 is 0 Å². The molecule has 0 atom stereocenters. The van der Waals surface area contributed by atoms with Gasteiger partial charge >= 0.3 is 0 Å². The smallest absolute Gasteiger partial charge is 0.161 e. The largest absolute Gasteiger partial charge is 0.364 e. The molecule has 0 fully saturated rings. The molecule has 0 radical (unpaired) electrons. The molecular weight excluding hydrogens is 326 g/mol. The zero-order chi connectivity index (χ0) is 17.3. The molecule has 0 unspecified atom stereocenters. The molecule has 1 N–H and O–H groups in total. The van der Waals surface area contributed by atoms with Crippen molar-refractivity contribution in [2.24, 2.45) is 0 Å². The van der Waals surface area contributed by atoms with Gasteiger partial charge in [0, 0.05) is 41.5 Å². The second-order valence-corrected chi connectivity index (χ2v) is 6.30. The summed E-state index contributed by atoms with van der Waals surface area (Å²) in [6.07, 6.45) is 10.2. The third kappa shape index (κ3) is 2.57. The predicted octanol–water partition coefficient (Wildman–Crippen LogP) is 2.68. The highest BCUT2D eigenvalue weighted by Crippen LogP contribution is 2.29. The number of nitrogens with one attached hydrogen (secondary N) is 1. The lowest BCUT2D eigenvalue weighted by molar-refractivity contribution is 0.849. The van der Waals surface area contributed by atoms with Gasteiger partial charge in [-0.25, -0.2) is 19.5 Å². The first kappa shape index (κ1) is 14.9. The van der Waals surface area contributed by atoms with Crippen molar-refractivity contribution in [2.45, 2.75) is 25.8 Å². The van der Waals surface area contributed by atoms with Crippen molar-refractivity contribution in [2.75, 3.05) is 5.32 Å². The van der Waals surface area contributed by atoms with Crippen LogP contribution in [0.1, 0.15) is 23.4 Å². The summed E-state index contributed by atoms with van der Waals surface area (Å²) in [6, 6.07) is 7.75. The monoisotopic (exact) mass is 343 g/mol. The van der Waals surface area contributed by atoms with Crippen LogP contribution in [0.4, 0.5) is 5.82 Å². The molecule has 0 aromatic carbocycles. The summed E-state index contributed by atoms with van der Waals surface area (Å²) < 4.78 is 1.85. The first-order chi connectivity index (χ1) is 12.9. The van der Waals surface area contributed by atoms with E-state index in [2.05, 4.69) is 20.4 Å². The predicted molar refractivity (Wildman–Crippen MR) is 97.6 cm³/mol. The highest BCUT2D eigenvalue weighted by molar-refractivity contribution is 5.60. The summed E-state index contributed by atoms with van der Waals surface area (Å²) in [6.45, 7) is 0.625. The highest BCUT2D eigenvalue weighted by Gasteiger charge is 2.20. The van der Waals surface area contributed by atoms with Gasteiger partial charge in [-0.1, -0.05) is 0 Å². The number of anilines is 1. The van der Waals surface area contributed by atoms with Crippen LogP contribution in [0.5, 0.6) is 0 Å². The molecule has 7 nitrogen and oxygen atoms in total. The van der Waals surface area contributed by atoms with E-state index in [0.717, 1.165) is 53.5 Å². The van der Waals surface area contributed by atoms with Crippen LogP contribution in [-0.2, 0) is 19.4 Å². The Morgan fingerprint density at radius 1 is 0.962 bits per heavy atom. The first-order valence-corrected chi connectivity index (χ1v) is 8.70. The Kier molecular flexibility index (Phi) is 3.55. The molecule has 0 aliphatic heterocycles. The van der Waals surface area contributed by atoms with Crippen LogP contribution in [0.3, 0.4) is 0 Å². The van der Waals surface area contributed by atoms with Crippen molar-refractivity contribution in [3.8, 4) is 11.4 Å². The van der Waals surface area contributed by atoms with Crippen LogP contribution in [0, 0.1) is 0 Å². The van der Waals surface area contributed by atoms with Crippen LogP contribution >= 0.6 is 0 Å². The van der Waals surface area contributed by atoms with Gasteiger partial charge in [-0.3, -0.25) is 4.98 Å². The minimum atomic E-state index is 0.625. The van der Waals surface area contributed by atoms with Crippen molar-refractivity contribution in [1.29, 1.82) is 0 Å². The second kappa shape index (κ2) is 6.18. The number of fused-ring (bicyclic) bond motifs is 2. The molecule has 4 aromatic rings. The van der Waals surface area contributed by atoms with Crippen molar-refractivity contribution < 1.29 is 0 Å². The van der Waals surface area contributed by atoms with Gasteiger partial charge in [0.2, 0.25) is 0 Å². The topological polar surface area (TPSA) is 80.9 Å². The molecule has 0 bridgehead atoms. The van der Waals surface area contributed by atoms with E-state index in [4.69, 9.17) is 9.97 Å². The van der Waals surface area contributed by atoms with E-state index in [-0.39, 0.29) is 0 Å². The minimum Gasteiger partial charge on any atom is -0.364 e. The van der Waals surface area contributed by atoms with Crippen molar-refractivity contribution in [3.05, 3.63) is 66.0 Å². The number of rotatable bonds is 4. The summed E-state index contributed by atoms with van der Waals surface area (Å²) >= 11 is 0. The molecule has 26 heavy (non-hydrogen) atoms. The maximum atomic E-state index is 4.80. The fourth-order valence-electron chi connectivity index (χ4n) is 3.40. The third-order valence-corrected chi connectivity index (χ3v) is 4.68. The Balaban J connectivity index is 1.50. The Hall–Kier alpha value is -3.35. The Morgan fingerprint density at radius 3 is 2.81 bits per heavy atom. The molecule has 7 heteroatoms. The van der Waals surface area contributed by atoms with Crippen molar-refractivity contribution in [3.63, 3.8) is 0 Å². The fourth-order valence-corrected chi connectivity index (χ4v) is 3.40. The summed E-state index contributed by atoms with van der Waals surface area (Å²) in [5, 5.41) is 7.84. The summed E-state index contributed by atoms with van der Waals surface area (Å²) in [4.78, 5) is 18.0. The molecule has 4 heterocycles. The zero-order valence-corrected chi connectivity index (χ0v) is 14.1. The van der Waals surface area contributed by atoms with E-state index in [1.54, 1.807) is 24.8 Å². The van der Waals surface area contributed by atoms with E-state index < -0.39 is 0 Å². The minimum absolute atomic E-state index is 0.625. The average molecular weight is 343 g/mol. The third-order valence-electron chi connectivity index (χ3n) is 4.68. The average Bonchev–Trinajstić information content (AvgIpc) is 3.36. The summed E-state index contributed by atoms with van der Waals surface area (Å²) in [5.74, 6) is 1.66. The lowest BCUT2D eigenvalue weighted by Crippen LogP contribution is -2.10. The molecular formula is C19H17N7. The number of aryl methyl sites for hydroxylation is 1. The molecule has 0 amide bonds. The van der Waals surface area contributed by atoms with Gasteiger partial charge in [0.05, 0.1) is 18.4 Å². The van der Waals surface area contributed by atoms with E-state index in [1.807, 2.05) is 28.8 Å². The van der Waals surface area contributed by atoms with Gasteiger partial charge in [0.25, 0.3) is 0 Å². The zero-order valence-electron chi connectivity index (χ0n) is 14.1. The van der Waals surface area contributed by atoms with Gasteiger partial charge in [-0.15, -0.1) is 0 Å². The Labute approximate surface area is 150 Å². The molecule has 128 valence electrons. The number of nitrogens with zero attached hydrogens (tertiary/aromatic N) is 6. The first-order valence-electron chi connectivity index (χ1n) is 8.70. The van der Waals surface area contributed by atoms with Gasteiger partial charge < -0.3 is 5.32 Å². The normalized spacial score (nSPS) is 13.1. The van der Waals surface area contributed by atoms with Crippen LogP contribution in [-0.4, -0.2) is 29.5 Å². The standard InChI is InChI=1S/C19H17N7/c1-2-15-16(3-1)24-18(13-4-8-20-9-5-13)25-19(15)22-12-14-6-10-21-17-7-11-23-26(14)17/h4-11H,1-3,12H2,(H,22,24,25). The lowest BCUT2D eigenvalue weighted by Gasteiger charge is -2.13. The number of hydrogen-bond donors (Lipinski definition) is 1. The van der Waals surface area contributed by atoms with Gasteiger partial charge in [-0.05, 0) is 37.5 Å². The Bertz CT molecular complexity index is 1070. The Morgan fingerprint density at radius 2 is 1.88 bits per heavy atom. The van der Waals surface area contributed by atoms with Crippen molar-refractivity contribution in [1.82, 2.24) is 29.5 Å². The number of hydrogen-bond acceptors (Lipinski definition) is 6. The quantitative estimate of drug-likeness (QED) is 0.613. The molecule has 1 aliphatic carbocycles. The van der Waals surface area contributed by atoms with Gasteiger partial charge in [-0.2, -0.15) is 5.10 Å². The highest BCUT2D eigenvalue weighted by atomic mass is 15.3. The number of pyridine rings is 1. The van der Waals surface area contributed by atoms with Crippen LogP contribution in [0.15, 0.2) is 49.1 Å². The van der Waals surface area contributed by atoms with E-state index in [9.17, 15) is 0 Å². The van der Waals surface area contributed by atoms with E-state index in [0.29, 0.717) is 6.54 Å². The maximum Gasteiger partial charge on any atom is 0.161 e. The molecule has 5 rings (SSSR count). The van der Waals surface area contributed by atoms with Crippen LogP contribution in [0.2, 0.25) is 0 Å². The molecule has 4 aromatic heterocycles. The van der Waals surface area contributed by atoms with Gasteiger partial charge in [0.15, 0.2) is 11.5 Å². The maximum absolute atomic E-state index is 4.80. The van der Waals surface area contributed by atoms with Crippen LogP contribution < -0.4 is 5.32 Å². The lowest BCUT2D eigenvalue weighted by atomic mass is 10.2. The van der Waals surface area contributed by atoms with E-state index in [1.165, 1.54) is 5.56 Å².